The number of hydrogen-bond donors (Lipinski definition) is 0. The molecule has 4 heteroatoms. The molecule has 90 valence electrons. The van der Waals surface area contributed by atoms with E-state index >= 15 is 0 Å². The van der Waals surface area contributed by atoms with Crippen LogP contribution in [0.15, 0.2) is 12.2 Å². The lowest BCUT2D eigenvalue weighted by Gasteiger charge is -2.42. The van der Waals surface area contributed by atoms with Crippen LogP contribution in [-0.2, 0) is 4.74 Å². The monoisotopic (exact) mass is 241 g/mol. The first-order chi connectivity index (χ1) is 7.47. The summed E-state index contributed by atoms with van der Waals surface area (Å²) < 4.78 is 5.45. The van der Waals surface area contributed by atoms with Crippen molar-refractivity contribution in [3.8, 4) is 0 Å². The van der Waals surface area contributed by atoms with Gasteiger partial charge < -0.3 is 4.74 Å². The highest BCUT2D eigenvalue weighted by atomic mass is 32.2. The average molecular weight is 241 g/mol. The number of ether oxygens (including phenoxy) is 1. The topological polar surface area (TPSA) is 29.5 Å². The van der Waals surface area contributed by atoms with E-state index in [0.29, 0.717) is 0 Å². The van der Waals surface area contributed by atoms with E-state index in [1.807, 2.05) is 37.4 Å². The Bertz CT molecular complexity index is 309. The first-order valence-electron chi connectivity index (χ1n) is 5.77. The standard InChI is InChI=1S/C12H19NO2S/c1-12(2,3)15-11(14)13-9-5-4-6-10(13)16-8-7-9/h4-5,9-10H,6-8H2,1-3H3. The fraction of sp³-hybridized carbons (Fsp3) is 0.750. The molecule has 0 radical (unpaired) electrons. The lowest BCUT2D eigenvalue weighted by atomic mass is 10.1. The highest BCUT2D eigenvalue weighted by Crippen LogP contribution is 2.34. The molecule has 0 aromatic rings. The Morgan fingerprint density at radius 1 is 1.50 bits per heavy atom. The number of carbonyl (C=O) groups is 1. The minimum Gasteiger partial charge on any atom is -0.444 e. The first kappa shape index (κ1) is 11.8. The van der Waals surface area contributed by atoms with Crippen molar-refractivity contribution in [2.45, 2.75) is 50.6 Å². The van der Waals surface area contributed by atoms with E-state index < -0.39 is 5.60 Å². The molecule has 3 nitrogen and oxygen atoms in total. The smallest absolute Gasteiger partial charge is 0.411 e. The Hall–Kier alpha value is -0.640. The maximum Gasteiger partial charge on any atom is 0.411 e. The zero-order valence-corrected chi connectivity index (χ0v) is 10.9. The summed E-state index contributed by atoms with van der Waals surface area (Å²) in [6.45, 7) is 5.73. The van der Waals surface area contributed by atoms with Crippen LogP contribution in [0, 0.1) is 0 Å². The van der Waals surface area contributed by atoms with E-state index in [1.54, 1.807) is 0 Å². The molecule has 1 fully saturated rings. The van der Waals surface area contributed by atoms with Gasteiger partial charge in [-0.2, -0.15) is 0 Å². The van der Waals surface area contributed by atoms with Gasteiger partial charge in [0, 0.05) is 0 Å². The number of nitrogens with zero attached hydrogens (tertiary/aromatic N) is 1. The number of thioether (sulfide) groups is 1. The molecule has 16 heavy (non-hydrogen) atoms. The lowest BCUT2D eigenvalue weighted by molar-refractivity contribution is 0.0151. The van der Waals surface area contributed by atoms with E-state index in [4.69, 9.17) is 4.74 Å². The molecule has 2 aliphatic heterocycles. The molecular weight excluding hydrogens is 222 g/mol. The second-order valence-electron chi connectivity index (χ2n) is 5.23. The van der Waals surface area contributed by atoms with Gasteiger partial charge in [-0.05, 0) is 39.4 Å². The van der Waals surface area contributed by atoms with Gasteiger partial charge in [0.1, 0.15) is 5.60 Å². The summed E-state index contributed by atoms with van der Waals surface area (Å²) in [4.78, 5) is 14.0. The van der Waals surface area contributed by atoms with E-state index in [0.717, 1.165) is 18.6 Å². The van der Waals surface area contributed by atoms with Crippen LogP contribution in [0.4, 0.5) is 4.79 Å². The predicted octanol–water partition coefficient (Wildman–Crippen LogP) is 3.02. The second-order valence-corrected chi connectivity index (χ2v) is 6.52. The molecule has 1 amide bonds. The van der Waals surface area contributed by atoms with Crippen LogP contribution in [0.3, 0.4) is 0 Å². The van der Waals surface area contributed by atoms with E-state index in [1.165, 1.54) is 0 Å². The number of hydrogen-bond acceptors (Lipinski definition) is 3. The molecule has 0 aromatic carbocycles. The van der Waals surface area contributed by atoms with Crippen LogP contribution < -0.4 is 0 Å². The Morgan fingerprint density at radius 3 is 2.88 bits per heavy atom. The summed E-state index contributed by atoms with van der Waals surface area (Å²) in [5.74, 6) is 1.14. The van der Waals surface area contributed by atoms with E-state index in [-0.39, 0.29) is 17.5 Å². The van der Waals surface area contributed by atoms with Crippen LogP contribution in [0.25, 0.3) is 0 Å². The third kappa shape index (κ3) is 2.54. The predicted molar refractivity (Wildman–Crippen MR) is 66.5 cm³/mol. The van der Waals surface area contributed by atoms with Gasteiger partial charge in [0.2, 0.25) is 0 Å². The van der Waals surface area contributed by atoms with E-state index in [2.05, 4.69) is 12.2 Å². The Morgan fingerprint density at radius 2 is 2.25 bits per heavy atom. The number of amides is 1. The molecule has 2 unspecified atom stereocenters. The maximum absolute atomic E-state index is 12.1. The van der Waals surface area contributed by atoms with Crippen molar-refractivity contribution in [1.29, 1.82) is 0 Å². The SMILES string of the molecule is CC(C)(C)OC(=O)N1C2C=CCC1SCC2. The van der Waals surface area contributed by atoms with Crippen molar-refractivity contribution >= 4 is 17.9 Å². The molecule has 0 N–H and O–H groups in total. The fourth-order valence-corrected chi connectivity index (χ4v) is 3.35. The molecule has 0 spiro atoms. The first-order valence-corrected chi connectivity index (χ1v) is 6.82. The quantitative estimate of drug-likeness (QED) is 0.611. The molecule has 2 atom stereocenters. The van der Waals surface area contributed by atoms with Crippen LogP contribution in [0.5, 0.6) is 0 Å². The van der Waals surface area contributed by atoms with Crippen molar-refractivity contribution in [2.24, 2.45) is 0 Å². The van der Waals surface area contributed by atoms with Gasteiger partial charge in [0.25, 0.3) is 0 Å². The molecule has 0 aliphatic carbocycles. The molecule has 2 heterocycles. The minimum atomic E-state index is -0.406. The molecule has 1 saturated heterocycles. The van der Waals surface area contributed by atoms with Gasteiger partial charge >= 0.3 is 6.09 Å². The number of fused-ring (bicyclic) bond motifs is 2. The van der Waals surface area contributed by atoms with Crippen molar-refractivity contribution < 1.29 is 9.53 Å². The van der Waals surface area contributed by atoms with Crippen LogP contribution in [0.2, 0.25) is 0 Å². The van der Waals surface area contributed by atoms with Crippen LogP contribution >= 0.6 is 11.8 Å². The highest BCUT2D eigenvalue weighted by Gasteiger charge is 2.37. The summed E-state index contributed by atoms with van der Waals surface area (Å²) in [7, 11) is 0. The largest absolute Gasteiger partial charge is 0.444 e. The summed E-state index contributed by atoms with van der Waals surface area (Å²) in [5, 5.41) is 0.276. The maximum atomic E-state index is 12.1. The Balaban J connectivity index is 2.08. The summed E-state index contributed by atoms with van der Waals surface area (Å²) in [6, 6.07) is 0.245. The Labute approximate surface area is 101 Å². The minimum absolute atomic E-state index is 0.168. The highest BCUT2D eigenvalue weighted by molar-refractivity contribution is 7.99. The van der Waals surface area contributed by atoms with Crippen molar-refractivity contribution in [1.82, 2.24) is 4.90 Å². The summed E-state index contributed by atoms with van der Waals surface area (Å²) in [6.07, 6.45) is 6.14. The molecular formula is C12H19NO2S. The van der Waals surface area contributed by atoms with Crippen molar-refractivity contribution in [2.75, 3.05) is 5.75 Å². The second kappa shape index (κ2) is 4.32. The Kier molecular flexibility index (Phi) is 3.19. The van der Waals surface area contributed by atoms with Crippen molar-refractivity contribution in [3.63, 3.8) is 0 Å². The normalized spacial score (nSPS) is 29.1. The molecule has 0 saturated carbocycles. The number of carbonyl (C=O) groups excluding carboxylic acids is 1. The zero-order chi connectivity index (χ0) is 11.8. The number of rotatable bonds is 0. The molecule has 2 rings (SSSR count). The van der Waals surface area contributed by atoms with Crippen LogP contribution in [0.1, 0.15) is 33.6 Å². The zero-order valence-electron chi connectivity index (χ0n) is 10.1. The molecule has 0 aromatic heterocycles. The van der Waals surface area contributed by atoms with Crippen LogP contribution in [-0.4, -0.2) is 33.8 Å². The third-order valence-electron chi connectivity index (χ3n) is 2.69. The van der Waals surface area contributed by atoms with Gasteiger partial charge in [-0.1, -0.05) is 12.2 Å². The van der Waals surface area contributed by atoms with Gasteiger partial charge in [0.05, 0.1) is 11.4 Å². The molecule has 2 aliphatic rings. The fourth-order valence-electron chi connectivity index (χ4n) is 2.05. The van der Waals surface area contributed by atoms with Gasteiger partial charge in [0.15, 0.2) is 0 Å². The lowest BCUT2D eigenvalue weighted by Crippen LogP contribution is -2.51. The van der Waals surface area contributed by atoms with Gasteiger partial charge in [-0.3, -0.25) is 4.90 Å². The average Bonchev–Trinajstić information content (AvgIpc) is 2.13. The van der Waals surface area contributed by atoms with Gasteiger partial charge in [-0.25, -0.2) is 4.79 Å². The van der Waals surface area contributed by atoms with Crippen molar-refractivity contribution in [3.05, 3.63) is 12.2 Å². The summed E-state index contributed by atoms with van der Waals surface area (Å²) in [5.41, 5.74) is -0.406. The summed E-state index contributed by atoms with van der Waals surface area (Å²) >= 11 is 1.85. The third-order valence-corrected chi connectivity index (χ3v) is 3.97. The molecule has 2 bridgehead atoms. The van der Waals surface area contributed by atoms with E-state index in [9.17, 15) is 4.79 Å². The van der Waals surface area contributed by atoms with Gasteiger partial charge in [-0.15, -0.1) is 11.8 Å².